The van der Waals surface area contributed by atoms with E-state index in [1.54, 1.807) is 0 Å². The number of hydrogen-bond acceptors (Lipinski definition) is 2. The SMILES string of the molecule is CCC(CC)(CO)CNCc1cc(C)cc(C)c1. The monoisotopic (exact) mass is 249 g/mol. The Kier molecular flexibility index (Phi) is 5.83. The predicted octanol–water partition coefficient (Wildman–Crippen LogP) is 3.19. The lowest BCUT2D eigenvalue weighted by Gasteiger charge is -2.29. The fourth-order valence-electron chi connectivity index (χ4n) is 2.42. The van der Waals surface area contributed by atoms with Gasteiger partial charge in [-0.25, -0.2) is 0 Å². The van der Waals surface area contributed by atoms with Gasteiger partial charge in [0.2, 0.25) is 0 Å². The van der Waals surface area contributed by atoms with E-state index in [9.17, 15) is 5.11 Å². The van der Waals surface area contributed by atoms with Gasteiger partial charge in [-0.15, -0.1) is 0 Å². The summed E-state index contributed by atoms with van der Waals surface area (Å²) in [6, 6.07) is 6.64. The zero-order valence-electron chi connectivity index (χ0n) is 12.2. The van der Waals surface area contributed by atoms with Crippen LogP contribution in [-0.2, 0) is 6.54 Å². The van der Waals surface area contributed by atoms with Crippen LogP contribution in [-0.4, -0.2) is 18.3 Å². The highest BCUT2D eigenvalue weighted by Gasteiger charge is 2.24. The van der Waals surface area contributed by atoms with Crippen LogP contribution in [0.4, 0.5) is 0 Å². The molecule has 0 aromatic heterocycles. The number of benzene rings is 1. The van der Waals surface area contributed by atoms with Gasteiger partial charge in [0.25, 0.3) is 0 Å². The lowest BCUT2D eigenvalue weighted by molar-refractivity contribution is 0.113. The Labute approximate surface area is 111 Å². The average Bonchev–Trinajstić information content (AvgIpc) is 2.34. The van der Waals surface area contributed by atoms with Gasteiger partial charge in [0.15, 0.2) is 0 Å². The summed E-state index contributed by atoms with van der Waals surface area (Å²) < 4.78 is 0. The molecule has 1 aromatic carbocycles. The van der Waals surface area contributed by atoms with Crippen LogP contribution < -0.4 is 5.32 Å². The number of aliphatic hydroxyl groups excluding tert-OH is 1. The van der Waals surface area contributed by atoms with Gasteiger partial charge < -0.3 is 10.4 Å². The molecule has 0 radical (unpaired) electrons. The maximum Gasteiger partial charge on any atom is 0.0499 e. The Hall–Kier alpha value is -0.860. The summed E-state index contributed by atoms with van der Waals surface area (Å²) in [5, 5.41) is 13.0. The van der Waals surface area contributed by atoms with Crippen LogP contribution in [0, 0.1) is 19.3 Å². The van der Waals surface area contributed by atoms with E-state index >= 15 is 0 Å². The average molecular weight is 249 g/mol. The number of aliphatic hydroxyl groups is 1. The molecule has 2 heteroatoms. The molecule has 0 aliphatic rings. The van der Waals surface area contributed by atoms with Crippen molar-refractivity contribution in [3.05, 3.63) is 34.9 Å². The summed E-state index contributed by atoms with van der Waals surface area (Å²) in [5.41, 5.74) is 3.99. The van der Waals surface area contributed by atoms with E-state index in [2.05, 4.69) is 51.2 Å². The van der Waals surface area contributed by atoms with E-state index in [0.29, 0.717) is 0 Å². The van der Waals surface area contributed by atoms with Crippen LogP contribution in [0.2, 0.25) is 0 Å². The summed E-state index contributed by atoms with van der Waals surface area (Å²) in [5.74, 6) is 0. The fraction of sp³-hybridized carbons (Fsp3) is 0.625. The Balaban J connectivity index is 2.55. The molecule has 0 aliphatic carbocycles. The van der Waals surface area contributed by atoms with Crippen molar-refractivity contribution in [1.82, 2.24) is 5.32 Å². The number of aryl methyl sites for hydroxylation is 2. The molecule has 2 nitrogen and oxygen atoms in total. The molecule has 0 fully saturated rings. The topological polar surface area (TPSA) is 32.3 Å². The van der Waals surface area contributed by atoms with Crippen LogP contribution in [0.3, 0.4) is 0 Å². The molecular formula is C16H27NO. The molecule has 18 heavy (non-hydrogen) atoms. The van der Waals surface area contributed by atoms with E-state index in [4.69, 9.17) is 0 Å². The van der Waals surface area contributed by atoms with Gasteiger partial charge >= 0.3 is 0 Å². The first-order chi connectivity index (χ1) is 8.55. The zero-order valence-corrected chi connectivity index (χ0v) is 12.2. The molecule has 0 aliphatic heterocycles. The van der Waals surface area contributed by atoms with Gasteiger partial charge in [0.1, 0.15) is 0 Å². The Morgan fingerprint density at radius 2 is 1.61 bits per heavy atom. The van der Waals surface area contributed by atoms with E-state index < -0.39 is 0 Å². The van der Waals surface area contributed by atoms with E-state index in [1.807, 2.05) is 0 Å². The van der Waals surface area contributed by atoms with Gasteiger partial charge in [-0.05, 0) is 32.3 Å². The van der Waals surface area contributed by atoms with Crippen molar-refractivity contribution in [3.63, 3.8) is 0 Å². The lowest BCUT2D eigenvalue weighted by Crippen LogP contribution is -2.36. The second-order valence-electron chi connectivity index (χ2n) is 5.46. The quantitative estimate of drug-likeness (QED) is 0.778. The fourth-order valence-corrected chi connectivity index (χ4v) is 2.42. The van der Waals surface area contributed by atoms with Crippen LogP contribution in [0.5, 0.6) is 0 Å². The molecule has 2 N–H and O–H groups in total. The minimum absolute atomic E-state index is 0.0405. The van der Waals surface area contributed by atoms with Gasteiger partial charge in [-0.1, -0.05) is 43.2 Å². The first-order valence-electron chi connectivity index (χ1n) is 6.94. The van der Waals surface area contributed by atoms with Gasteiger partial charge in [0.05, 0.1) is 0 Å². The molecule has 0 unspecified atom stereocenters. The third kappa shape index (κ3) is 4.11. The third-order valence-corrected chi connectivity index (χ3v) is 3.95. The highest BCUT2D eigenvalue weighted by molar-refractivity contribution is 5.28. The number of rotatable bonds is 7. The Morgan fingerprint density at radius 1 is 1.06 bits per heavy atom. The molecule has 1 aromatic rings. The van der Waals surface area contributed by atoms with E-state index in [1.165, 1.54) is 16.7 Å². The maximum atomic E-state index is 9.52. The molecule has 102 valence electrons. The standard InChI is InChI=1S/C16H27NO/c1-5-16(6-2,12-18)11-17-10-15-8-13(3)7-14(4)9-15/h7-9,17-18H,5-6,10-12H2,1-4H3. The second kappa shape index (κ2) is 6.91. The molecule has 0 amide bonds. The van der Waals surface area contributed by atoms with Crippen LogP contribution in [0.1, 0.15) is 43.4 Å². The zero-order chi connectivity index (χ0) is 13.6. The Bertz CT molecular complexity index is 341. The van der Waals surface area contributed by atoms with E-state index in [-0.39, 0.29) is 12.0 Å². The van der Waals surface area contributed by atoms with Crippen molar-refractivity contribution in [2.24, 2.45) is 5.41 Å². The molecule has 1 rings (SSSR count). The highest BCUT2D eigenvalue weighted by Crippen LogP contribution is 2.24. The highest BCUT2D eigenvalue weighted by atomic mass is 16.3. The van der Waals surface area contributed by atoms with Crippen molar-refractivity contribution in [2.75, 3.05) is 13.2 Å². The van der Waals surface area contributed by atoms with Crippen molar-refractivity contribution in [2.45, 2.75) is 47.1 Å². The van der Waals surface area contributed by atoms with Gasteiger partial charge in [0, 0.05) is 25.1 Å². The molecular weight excluding hydrogens is 222 g/mol. The molecule has 0 atom stereocenters. The normalized spacial score (nSPS) is 11.8. The Morgan fingerprint density at radius 3 is 2.06 bits per heavy atom. The second-order valence-corrected chi connectivity index (χ2v) is 5.46. The summed E-state index contributed by atoms with van der Waals surface area (Å²) in [7, 11) is 0. The van der Waals surface area contributed by atoms with Crippen molar-refractivity contribution >= 4 is 0 Å². The molecule has 0 saturated carbocycles. The summed E-state index contributed by atoms with van der Waals surface area (Å²) >= 11 is 0. The van der Waals surface area contributed by atoms with E-state index in [0.717, 1.165) is 25.9 Å². The number of hydrogen-bond donors (Lipinski definition) is 2. The number of nitrogens with one attached hydrogen (secondary N) is 1. The summed E-state index contributed by atoms with van der Waals surface area (Å²) in [6.07, 6.45) is 2.03. The smallest absolute Gasteiger partial charge is 0.0499 e. The van der Waals surface area contributed by atoms with Crippen LogP contribution >= 0.6 is 0 Å². The first-order valence-corrected chi connectivity index (χ1v) is 6.94. The largest absolute Gasteiger partial charge is 0.396 e. The lowest BCUT2D eigenvalue weighted by atomic mass is 9.83. The van der Waals surface area contributed by atoms with Crippen molar-refractivity contribution < 1.29 is 5.11 Å². The molecule has 0 bridgehead atoms. The maximum absolute atomic E-state index is 9.52. The third-order valence-electron chi connectivity index (χ3n) is 3.95. The summed E-state index contributed by atoms with van der Waals surface area (Å²) in [6.45, 7) is 10.6. The minimum Gasteiger partial charge on any atom is -0.396 e. The van der Waals surface area contributed by atoms with Gasteiger partial charge in [-0.2, -0.15) is 0 Å². The first kappa shape index (κ1) is 15.2. The van der Waals surface area contributed by atoms with Gasteiger partial charge in [-0.3, -0.25) is 0 Å². The minimum atomic E-state index is 0.0405. The van der Waals surface area contributed by atoms with Crippen molar-refractivity contribution in [3.8, 4) is 0 Å². The van der Waals surface area contributed by atoms with Crippen LogP contribution in [0.15, 0.2) is 18.2 Å². The molecule has 0 heterocycles. The molecule has 0 saturated heterocycles. The summed E-state index contributed by atoms with van der Waals surface area (Å²) in [4.78, 5) is 0. The van der Waals surface area contributed by atoms with Crippen LogP contribution in [0.25, 0.3) is 0 Å². The predicted molar refractivity (Wildman–Crippen MR) is 77.7 cm³/mol. The molecule has 0 spiro atoms. The van der Waals surface area contributed by atoms with Crippen molar-refractivity contribution in [1.29, 1.82) is 0 Å².